The molecule has 2 fully saturated rings. The third-order valence-electron chi connectivity index (χ3n) is 4.82. The summed E-state index contributed by atoms with van der Waals surface area (Å²) in [6.45, 7) is 6.75. The summed E-state index contributed by atoms with van der Waals surface area (Å²) in [6, 6.07) is 8.75. The molecule has 1 heterocycles. The normalized spacial score (nSPS) is 22.1. The summed E-state index contributed by atoms with van der Waals surface area (Å²) in [5.74, 6) is 0.634. The fourth-order valence-electron chi connectivity index (χ4n) is 3.00. The van der Waals surface area contributed by atoms with Crippen LogP contribution in [0.3, 0.4) is 0 Å². The van der Waals surface area contributed by atoms with Gasteiger partial charge in [-0.05, 0) is 43.4 Å². The summed E-state index contributed by atoms with van der Waals surface area (Å²) >= 11 is 0. The van der Waals surface area contributed by atoms with E-state index in [0.717, 1.165) is 32.8 Å². The van der Waals surface area contributed by atoms with Crippen molar-refractivity contribution < 1.29 is 9.84 Å². The van der Waals surface area contributed by atoms with Crippen molar-refractivity contribution in [1.82, 2.24) is 5.32 Å². The van der Waals surface area contributed by atoms with E-state index < -0.39 is 0 Å². The fraction of sp³-hybridized carbons (Fsp3) is 0.647. The number of aliphatic hydroxyl groups excluding tert-OH is 1. The molecule has 2 N–H and O–H groups in total. The van der Waals surface area contributed by atoms with Gasteiger partial charge in [0.1, 0.15) is 0 Å². The van der Waals surface area contributed by atoms with E-state index in [-0.39, 0.29) is 12.1 Å². The number of anilines is 1. The lowest BCUT2D eigenvalue weighted by Crippen LogP contribution is -2.47. The standard InChI is InChI=1S/C17H26N2O2/c1-17(13-20,15-4-5-15)18-12-14-2-6-16(7-3-14)19-8-10-21-11-9-19/h2-3,6-7,15,18,20H,4-5,8-13H2,1H3. The number of aliphatic hydroxyl groups is 1. The molecule has 4 nitrogen and oxygen atoms in total. The third-order valence-corrected chi connectivity index (χ3v) is 4.82. The second kappa shape index (κ2) is 6.34. The van der Waals surface area contributed by atoms with Crippen molar-refractivity contribution in [3.63, 3.8) is 0 Å². The summed E-state index contributed by atoms with van der Waals surface area (Å²) in [7, 11) is 0. The van der Waals surface area contributed by atoms with E-state index in [1.165, 1.54) is 24.1 Å². The number of ether oxygens (including phenoxy) is 1. The third kappa shape index (κ3) is 3.57. The molecule has 116 valence electrons. The first kappa shape index (κ1) is 14.8. The number of nitrogens with one attached hydrogen (secondary N) is 1. The zero-order valence-electron chi connectivity index (χ0n) is 12.8. The van der Waals surface area contributed by atoms with E-state index in [0.29, 0.717) is 5.92 Å². The van der Waals surface area contributed by atoms with Crippen LogP contribution in [-0.4, -0.2) is 43.6 Å². The summed E-state index contributed by atoms with van der Waals surface area (Å²) in [4.78, 5) is 2.36. The molecular formula is C17H26N2O2. The topological polar surface area (TPSA) is 44.7 Å². The van der Waals surface area contributed by atoms with E-state index in [2.05, 4.69) is 41.4 Å². The minimum atomic E-state index is -0.122. The molecule has 0 aromatic heterocycles. The van der Waals surface area contributed by atoms with Crippen molar-refractivity contribution in [1.29, 1.82) is 0 Å². The first-order chi connectivity index (χ1) is 10.2. The summed E-state index contributed by atoms with van der Waals surface area (Å²) < 4.78 is 5.39. The van der Waals surface area contributed by atoms with Crippen LogP contribution in [0.2, 0.25) is 0 Å². The highest BCUT2D eigenvalue weighted by atomic mass is 16.5. The van der Waals surface area contributed by atoms with Crippen LogP contribution in [0.25, 0.3) is 0 Å². The van der Waals surface area contributed by atoms with Gasteiger partial charge in [0.25, 0.3) is 0 Å². The zero-order chi connectivity index (χ0) is 14.7. The van der Waals surface area contributed by atoms with Gasteiger partial charge in [0.05, 0.1) is 19.8 Å². The molecule has 1 aliphatic heterocycles. The van der Waals surface area contributed by atoms with Crippen LogP contribution in [0.4, 0.5) is 5.69 Å². The van der Waals surface area contributed by atoms with Crippen LogP contribution in [0.1, 0.15) is 25.3 Å². The SMILES string of the molecule is CC(CO)(NCc1ccc(N2CCOCC2)cc1)C1CC1. The second-order valence-electron chi connectivity index (χ2n) is 6.47. The molecule has 1 aliphatic carbocycles. The number of hydrogen-bond acceptors (Lipinski definition) is 4. The lowest BCUT2D eigenvalue weighted by atomic mass is 9.96. The molecule has 1 unspecified atom stereocenters. The highest BCUT2D eigenvalue weighted by Gasteiger charge is 2.40. The molecule has 0 bridgehead atoms. The Balaban J connectivity index is 1.56. The van der Waals surface area contributed by atoms with E-state index in [1.807, 2.05) is 0 Å². The lowest BCUT2D eigenvalue weighted by Gasteiger charge is -2.30. The number of hydrogen-bond donors (Lipinski definition) is 2. The van der Waals surface area contributed by atoms with Crippen molar-refractivity contribution in [3.05, 3.63) is 29.8 Å². The maximum Gasteiger partial charge on any atom is 0.0642 e. The van der Waals surface area contributed by atoms with Gasteiger partial charge in [0, 0.05) is 30.9 Å². The molecular weight excluding hydrogens is 264 g/mol. The molecule has 3 rings (SSSR count). The molecule has 1 aromatic rings. The Bertz CT molecular complexity index is 452. The van der Waals surface area contributed by atoms with Gasteiger partial charge in [-0.2, -0.15) is 0 Å². The molecule has 1 saturated heterocycles. The summed E-state index contributed by atoms with van der Waals surface area (Å²) in [5, 5.41) is 13.1. The Morgan fingerprint density at radius 1 is 1.24 bits per heavy atom. The lowest BCUT2D eigenvalue weighted by molar-refractivity contribution is 0.122. The molecule has 1 atom stereocenters. The van der Waals surface area contributed by atoms with Crippen molar-refractivity contribution in [2.45, 2.75) is 31.8 Å². The van der Waals surface area contributed by atoms with Crippen LogP contribution in [-0.2, 0) is 11.3 Å². The van der Waals surface area contributed by atoms with Crippen molar-refractivity contribution in [3.8, 4) is 0 Å². The first-order valence-corrected chi connectivity index (χ1v) is 7.99. The highest BCUT2D eigenvalue weighted by molar-refractivity contribution is 5.47. The largest absolute Gasteiger partial charge is 0.394 e. The van der Waals surface area contributed by atoms with Gasteiger partial charge in [-0.1, -0.05) is 12.1 Å². The molecule has 1 aromatic carbocycles. The molecule has 2 aliphatic rings. The van der Waals surface area contributed by atoms with Crippen LogP contribution < -0.4 is 10.2 Å². The fourth-order valence-corrected chi connectivity index (χ4v) is 3.00. The van der Waals surface area contributed by atoms with Crippen molar-refractivity contribution >= 4 is 5.69 Å². The van der Waals surface area contributed by atoms with Gasteiger partial charge in [0.2, 0.25) is 0 Å². The van der Waals surface area contributed by atoms with E-state index in [9.17, 15) is 5.11 Å². The van der Waals surface area contributed by atoms with Crippen LogP contribution in [0, 0.1) is 5.92 Å². The van der Waals surface area contributed by atoms with Crippen LogP contribution in [0.5, 0.6) is 0 Å². The first-order valence-electron chi connectivity index (χ1n) is 7.99. The van der Waals surface area contributed by atoms with Crippen molar-refractivity contribution in [2.75, 3.05) is 37.8 Å². The van der Waals surface area contributed by atoms with Crippen LogP contribution >= 0.6 is 0 Å². The summed E-state index contributed by atoms with van der Waals surface area (Å²) in [5.41, 5.74) is 2.42. The number of rotatable bonds is 6. The number of nitrogens with zero attached hydrogens (tertiary/aromatic N) is 1. The Morgan fingerprint density at radius 2 is 1.90 bits per heavy atom. The second-order valence-corrected chi connectivity index (χ2v) is 6.47. The Morgan fingerprint density at radius 3 is 2.48 bits per heavy atom. The molecule has 1 saturated carbocycles. The monoisotopic (exact) mass is 290 g/mol. The van der Waals surface area contributed by atoms with Crippen LogP contribution in [0.15, 0.2) is 24.3 Å². The highest BCUT2D eigenvalue weighted by Crippen LogP contribution is 2.39. The Hall–Kier alpha value is -1.10. The Kier molecular flexibility index (Phi) is 4.48. The molecule has 0 amide bonds. The van der Waals surface area contributed by atoms with E-state index in [4.69, 9.17) is 4.74 Å². The minimum absolute atomic E-state index is 0.122. The molecule has 21 heavy (non-hydrogen) atoms. The predicted octanol–water partition coefficient (Wildman–Crippen LogP) is 1.77. The van der Waals surface area contributed by atoms with E-state index in [1.54, 1.807) is 0 Å². The number of benzene rings is 1. The minimum Gasteiger partial charge on any atom is -0.394 e. The Labute approximate surface area is 127 Å². The van der Waals surface area contributed by atoms with Gasteiger partial charge in [-0.15, -0.1) is 0 Å². The smallest absolute Gasteiger partial charge is 0.0642 e. The van der Waals surface area contributed by atoms with Gasteiger partial charge >= 0.3 is 0 Å². The average Bonchev–Trinajstić information content (AvgIpc) is 3.39. The average molecular weight is 290 g/mol. The maximum atomic E-state index is 9.61. The van der Waals surface area contributed by atoms with Gasteiger partial charge in [0.15, 0.2) is 0 Å². The predicted molar refractivity (Wildman–Crippen MR) is 84.5 cm³/mol. The zero-order valence-corrected chi connectivity index (χ0v) is 12.8. The van der Waals surface area contributed by atoms with Gasteiger partial charge in [-0.3, -0.25) is 0 Å². The van der Waals surface area contributed by atoms with Gasteiger partial charge in [-0.25, -0.2) is 0 Å². The van der Waals surface area contributed by atoms with Gasteiger partial charge < -0.3 is 20.1 Å². The van der Waals surface area contributed by atoms with E-state index >= 15 is 0 Å². The molecule has 4 heteroatoms. The quantitative estimate of drug-likeness (QED) is 0.838. The molecule has 0 spiro atoms. The molecule has 0 radical (unpaired) electrons. The number of morpholine rings is 1. The summed E-state index contributed by atoms with van der Waals surface area (Å²) in [6.07, 6.45) is 2.47. The maximum absolute atomic E-state index is 9.61. The van der Waals surface area contributed by atoms with Crippen molar-refractivity contribution in [2.24, 2.45) is 5.92 Å².